The second-order valence-electron chi connectivity index (χ2n) is 7.68. The highest BCUT2D eigenvalue weighted by Gasteiger charge is 2.67. The van der Waals surface area contributed by atoms with Crippen LogP contribution in [0, 0.1) is 11.2 Å². The van der Waals surface area contributed by atoms with Gasteiger partial charge in [0.1, 0.15) is 5.82 Å². The number of carbonyl (C=O) groups excluding carboxylic acids is 2. The number of hydrogen-bond donors (Lipinski definition) is 2. The van der Waals surface area contributed by atoms with Gasteiger partial charge in [0.05, 0.1) is 12.0 Å². The van der Waals surface area contributed by atoms with Crippen LogP contribution in [0.25, 0.3) is 0 Å². The average molecular weight is 347 g/mol. The van der Waals surface area contributed by atoms with Gasteiger partial charge in [-0.3, -0.25) is 14.5 Å². The maximum absolute atomic E-state index is 14.3. The molecule has 1 aliphatic carbocycles. The van der Waals surface area contributed by atoms with Gasteiger partial charge in [0.15, 0.2) is 0 Å². The van der Waals surface area contributed by atoms with Gasteiger partial charge in [0.25, 0.3) is 0 Å². The van der Waals surface area contributed by atoms with Gasteiger partial charge < -0.3 is 10.6 Å². The van der Waals surface area contributed by atoms with Gasteiger partial charge in [-0.2, -0.15) is 0 Å². The molecule has 2 amide bonds. The van der Waals surface area contributed by atoms with Crippen LogP contribution in [0.15, 0.2) is 24.3 Å². The molecule has 6 heteroatoms. The first-order valence-corrected chi connectivity index (χ1v) is 8.89. The molecule has 136 valence electrons. The van der Waals surface area contributed by atoms with Crippen LogP contribution >= 0.6 is 0 Å². The topological polar surface area (TPSA) is 61.4 Å². The molecule has 0 aromatic heterocycles. The summed E-state index contributed by atoms with van der Waals surface area (Å²) in [5.74, 6) is -0.366. The summed E-state index contributed by atoms with van der Waals surface area (Å²) in [5, 5.41) is 5.78. The Morgan fingerprint density at radius 3 is 2.72 bits per heavy atom. The van der Waals surface area contributed by atoms with E-state index in [1.54, 1.807) is 18.2 Å². The highest BCUT2D eigenvalue weighted by Crippen LogP contribution is 2.64. The molecule has 1 aliphatic heterocycles. The highest BCUT2D eigenvalue weighted by molar-refractivity contribution is 5.93. The van der Waals surface area contributed by atoms with E-state index in [0.29, 0.717) is 31.6 Å². The normalized spacial score (nSPS) is 25.3. The Morgan fingerprint density at radius 2 is 2.08 bits per heavy atom. The smallest absolute Gasteiger partial charge is 0.234 e. The van der Waals surface area contributed by atoms with Crippen LogP contribution in [-0.2, 0) is 15.0 Å². The fourth-order valence-electron chi connectivity index (χ4n) is 3.93. The molecule has 2 N–H and O–H groups in total. The second-order valence-corrected chi connectivity index (χ2v) is 7.68. The van der Waals surface area contributed by atoms with Crippen LogP contribution in [-0.4, -0.2) is 49.4 Å². The predicted molar refractivity (Wildman–Crippen MR) is 93.6 cm³/mol. The minimum absolute atomic E-state index is 0.0496. The zero-order valence-corrected chi connectivity index (χ0v) is 14.9. The Bertz CT molecular complexity index is 676. The standard InChI is InChI=1S/C19H26FN3O2/c1-18(2)13-19(18,14-6-3-4-7-15(14)20)17(25)22-8-5-10-23-11-9-21-16(24)12-23/h3-4,6-7H,5,8-13H2,1-2H3,(H,21,24)(H,22,25)/t19-/m1/s1. The van der Waals surface area contributed by atoms with Crippen LogP contribution < -0.4 is 10.6 Å². The quantitative estimate of drug-likeness (QED) is 0.766. The minimum Gasteiger partial charge on any atom is -0.355 e. The number of nitrogens with zero attached hydrogens (tertiary/aromatic N) is 1. The average Bonchev–Trinajstić information content (AvgIpc) is 3.15. The van der Waals surface area contributed by atoms with E-state index in [0.717, 1.165) is 19.5 Å². The Balaban J connectivity index is 1.56. The SMILES string of the molecule is CC1(C)C[C@]1(C(=O)NCCCN1CCNC(=O)C1)c1ccccc1F. The van der Waals surface area contributed by atoms with Crippen molar-refractivity contribution in [3.05, 3.63) is 35.6 Å². The lowest BCUT2D eigenvalue weighted by atomic mass is 9.86. The van der Waals surface area contributed by atoms with Crippen molar-refractivity contribution in [1.29, 1.82) is 0 Å². The van der Waals surface area contributed by atoms with Crippen molar-refractivity contribution in [3.63, 3.8) is 0 Å². The summed E-state index contributed by atoms with van der Waals surface area (Å²) in [6.07, 6.45) is 1.42. The van der Waals surface area contributed by atoms with Gasteiger partial charge >= 0.3 is 0 Å². The van der Waals surface area contributed by atoms with Crippen molar-refractivity contribution in [2.75, 3.05) is 32.7 Å². The van der Waals surface area contributed by atoms with Crippen LogP contribution in [0.5, 0.6) is 0 Å². The van der Waals surface area contributed by atoms with E-state index >= 15 is 0 Å². The summed E-state index contributed by atoms with van der Waals surface area (Å²) in [5.41, 5.74) is -0.529. The van der Waals surface area contributed by atoms with E-state index in [4.69, 9.17) is 0 Å². The molecule has 0 unspecified atom stereocenters. The maximum atomic E-state index is 14.3. The Labute approximate surface area is 148 Å². The summed E-state index contributed by atoms with van der Waals surface area (Å²) in [4.78, 5) is 26.3. The molecule has 0 radical (unpaired) electrons. The molecule has 0 spiro atoms. The van der Waals surface area contributed by atoms with Crippen molar-refractivity contribution in [3.8, 4) is 0 Å². The van der Waals surface area contributed by atoms with Gasteiger partial charge in [-0.15, -0.1) is 0 Å². The maximum Gasteiger partial charge on any atom is 0.234 e. The summed E-state index contributed by atoms with van der Waals surface area (Å²) < 4.78 is 14.3. The van der Waals surface area contributed by atoms with E-state index in [1.165, 1.54) is 6.07 Å². The third-order valence-electron chi connectivity index (χ3n) is 5.51. The van der Waals surface area contributed by atoms with Crippen molar-refractivity contribution < 1.29 is 14.0 Å². The number of carbonyl (C=O) groups is 2. The number of amides is 2. The van der Waals surface area contributed by atoms with Crippen LogP contribution in [0.4, 0.5) is 4.39 Å². The molecule has 25 heavy (non-hydrogen) atoms. The molecule has 0 bridgehead atoms. The zero-order valence-electron chi connectivity index (χ0n) is 14.9. The fraction of sp³-hybridized carbons (Fsp3) is 0.579. The summed E-state index contributed by atoms with van der Waals surface area (Å²) in [6.45, 7) is 7.24. The third-order valence-corrected chi connectivity index (χ3v) is 5.51. The van der Waals surface area contributed by atoms with Gasteiger partial charge in [0.2, 0.25) is 11.8 Å². The molecule has 1 heterocycles. The predicted octanol–water partition coefficient (Wildman–Crippen LogP) is 1.43. The Kier molecular flexibility index (Phi) is 4.82. The molecule has 1 atom stereocenters. The number of piperazine rings is 1. The molecule has 3 rings (SSSR count). The van der Waals surface area contributed by atoms with Gasteiger partial charge in [-0.25, -0.2) is 4.39 Å². The lowest BCUT2D eigenvalue weighted by Gasteiger charge is -2.26. The molecule has 1 saturated carbocycles. The third kappa shape index (κ3) is 3.40. The number of rotatable bonds is 6. The molecule has 2 fully saturated rings. The first-order valence-electron chi connectivity index (χ1n) is 8.89. The van der Waals surface area contributed by atoms with Crippen LogP contribution in [0.2, 0.25) is 0 Å². The van der Waals surface area contributed by atoms with E-state index in [-0.39, 0.29) is 23.0 Å². The van der Waals surface area contributed by atoms with Gasteiger partial charge in [-0.05, 0) is 24.3 Å². The van der Waals surface area contributed by atoms with E-state index < -0.39 is 5.41 Å². The number of halogens is 1. The van der Waals surface area contributed by atoms with Crippen molar-refractivity contribution >= 4 is 11.8 Å². The van der Waals surface area contributed by atoms with Gasteiger partial charge in [-0.1, -0.05) is 32.0 Å². The largest absolute Gasteiger partial charge is 0.355 e. The van der Waals surface area contributed by atoms with Crippen molar-refractivity contribution in [1.82, 2.24) is 15.5 Å². The van der Waals surface area contributed by atoms with E-state index in [2.05, 4.69) is 15.5 Å². The summed E-state index contributed by atoms with van der Waals surface area (Å²) in [7, 11) is 0. The van der Waals surface area contributed by atoms with Gasteiger partial charge in [0, 0.05) is 31.7 Å². The lowest BCUT2D eigenvalue weighted by Crippen LogP contribution is -2.48. The number of nitrogens with one attached hydrogen (secondary N) is 2. The number of benzene rings is 1. The van der Waals surface area contributed by atoms with E-state index in [9.17, 15) is 14.0 Å². The van der Waals surface area contributed by atoms with Crippen LogP contribution in [0.3, 0.4) is 0 Å². The van der Waals surface area contributed by atoms with Crippen molar-refractivity contribution in [2.24, 2.45) is 5.41 Å². The molecule has 5 nitrogen and oxygen atoms in total. The number of hydrogen-bond acceptors (Lipinski definition) is 3. The molecular formula is C19H26FN3O2. The minimum atomic E-state index is -0.774. The Hall–Kier alpha value is -1.95. The molecule has 1 saturated heterocycles. The monoisotopic (exact) mass is 347 g/mol. The highest BCUT2D eigenvalue weighted by atomic mass is 19.1. The van der Waals surface area contributed by atoms with E-state index in [1.807, 2.05) is 13.8 Å². The fourth-order valence-corrected chi connectivity index (χ4v) is 3.93. The molecule has 1 aromatic rings. The first kappa shape index (κ1) is 17.9. The molecular weight excluding hydrogens is 321 g/mol. The second kappa shape index (κ2) is 6.75. The summed E-state index contributed by atoms with van der Waals surface area (Å²) in [6, 6.07) is 6.56. The van der Waals surface area contributed by atoms with Crippen molar-refractivity contribution in [2.45, 2.75) is 32.1 Å². The lowest BCUT2D eigenvalue weighted by molar-refractivity contribution is -0.125. The summed E-state index contributed by atoms with van der Waals surface area (Å²) >= 11 is 0. The van der Waals surface area contributed by atoms with Crippen LogP contribution in [0.1, 0.15) is 32.3 Å². The zero-order chi connectivity index (χ0) is 18.1. The first-order chi connectivity index (χ1) is 11.9. The Morgan fingerprint density at radius 1 is 1.36 bits per heavy atom. The molecule has 1 aromatic carbocycles. The molecule has 2 aliphatic rings.